The lowest BCUT2D eigenvalue weighted by molar-refractivity contribution is -0.272. The number of benzene rings is 2. The summed E-state index contributed by atoms with van der Waals surface area (Å²) in [5, 5.41) is 40.7. The van der Waals surface area contributed by atoms with E-state index in [2.05, 4.69) is 0 Å². The van der Waals surface area contributed by atoms with Gasteiger partial charge in [-0.1, -0.05) is 17.7 Å². The summed E-state index contributed by atoms with van der Waals surface area (Å²) in [5.41, 5.74) is 0.938. The van der Waals surface area contributed by atoms with Crippen LogP contribution in [0.1, 0.15) is 12.5 Å². The topological polar surface area (TPSA) is 109 Å². The Morgan fingerprint density at radius 2 is 1.87 bits per heavy atom. The summed E-state index contributed by atoms with van der Waals surface area (Å²) < 4.78 is 16.7. The molecule has 5 unspecified atom stereocenters. The molecule has 2 aromatic carbocycles. The highest BCUT2D eigenvalue weighted by atomic mass is 35.5. The maximum atomic E-state index is 10.6. The molecule has 0 aliphatic carbocycles. The summed E-state index contributed by atoms with van der Waals surface area (Å²) in [7, 11) is 1.58. The average Bonchev–Trinajstić information content (AvgIpc) is 2.72. The van der Waals surface area contributed by atoms with Crippen molar-refractivity contribution in [3.8, 4) is 22.6 Å². The van der Waals surface area contributed by atoms with Crippen molar-refractivity contribution in [3.05, 3.63) is 47.0 Å². The first-order chi connectivity index (χ1) is 14.2. The normalized spacial score (nSPS) is 28.9. The molecule has 5 atom stereocenters. The zero-order valence-electron chi connectivity index (χ0n) is 17.1. The summed E-state index contributed by atoms with van der Waals surface area (Å²) in [6.45, 7) is 2.70. The van der Waals surface area contributed by atoms with Crippen LogP contribution in [0.5, 0.6) is 11.5 Å². The molecule has 8 heteroatoms. The van der Waals surface area contributed by atoms with Crippen molar-refractivity contribution in [2.45, 2.75) is 43.9 Å². The van der Waals surface area contributed by atoms with Gasteiger partial charge < -0.3 is 34.6 Å². The predicted octanol–water partition coefficient (Wildman–Crippen LogP) is 1.94. The van der Waals surface area contributed by atoms with E-state index in [4.69, 9.17) is 25.8 Å². The van der Waals surface area contributed by atoms with Gasteiger partial charge in [-0.25, -0.2) is 0 Å². The molecule has 1 saturated heterocycles. The van der Waals surface area contributed by atoms with Gasteiger partial charge in [-0.3, -0.25) is 0 Å². The maximum Gasteiger partial charge on any atom is 0.123 e. The zero-order chi connectivity index (χ0) is 22.1. The van der Waals surface area contributed by atoms with Crippen LogP contribution in [0.15, 0.2) is 36.4 Å². The lowest BCUT2D eigenvalue weighted by Gasteiger charge is -2.46. The first-order valence-corrected chi connectivity index (χ1v) is 9.98. The van der Waals surface area contributed by atoms with Gasteiger partial charge in [0.25, 0.3) is 0 Å². The number of aryl methyl sites for hydroxylation is 1. The predicted molar refractivity (Wildman–Crippen MR) is 112 cm³/mol. The first-order valence-electron chi connectivity index (χ1n) is 9.60. The summed E-state index contributed by atoms with van der Waals surface area (Å²) in [4.78, 5) is 0. The Bertz CT molecular complexity index is 886. The van der Waals surface area contributed by atoms with Crippen LogP contribution >= 0.6 is 11.6 Å². The highest BCUT2D eigenvalue weighted by molar-refractivity contribution is 6.31. The number of halogens is 1. The molecular formula is C22H27ClO7. The molecule has 30 heavy (non-hydrogen) atoms. The van der Waals surface area contributed by atoms with Gasteiger partial charge in [-0.05, 0) is 60.9 Å². The molecule has 0 spiro atoms. The van der Waals surface area contributed by atoms with E-state index in [1.807, 2.05) is 31.2 Å². The first kappa shape index (κ1) is 22.8. The molecule has 7 nitrogen and oxygen atoms in total. The zero-order valence-corrected chi connectivity index (χ0v) is 17.8. The Hall–Kier alpha value is -1.87. The van der Waals surface area contributed by atoms with E-state index in [1.165, 1.54) is 6.92 Å². The number of ether oxygens (including phenoxy) is 3. The fourth-order valence-electron chi connectivity index (χ4n) is 3.53. The average molecular weight is 439 g/mol. The number of aliphatic hydroxyl groups is 4. The Kier molecular flexibility index (Phi) is 6.91. The van der Waals surface area contributed by atoms with Gasteiger partial charge in [0.05, 0.1) is 13.7 Å². The summed E-state index contributed by atoms with van der Waals surface area (Å²) in [6, 6.07) is 11.1. The lowest BCUT2D eigenvalue weighted by Crippen LogP contribution is -2.66. The third-order valence-electron chi connectivity index (χ3n) is 5.48. The van der Waals surface area contributed by atoms with E-state index in [-0.39, 0.29) is 6.61 Å². The van der Waals surface area contributed by atoms with Gasteiger partial charge in [0.2, 0.25) is 0 Å². The highest BCUT2D eigenvalue weighted by Crippen LogP contribution is 2.33. The quantitative estimate of drug-likeness (QED) is 0.545. The van der Waals surface area contributed by atoms with Crippen molar-refractivity contribution in [1.82, 2.24) is 0 Å². The van der Waals surface area contributed by atoms with Crippen molar-refractivity contribution in [2.75, 3.05) is 20.3 Å². The van der Waals surface area contributed by atoms with Gasteiger partial charge in [-0.15, -0.1) is 0 Å². The number of hydrogen-bond donors (Lipinski definition) is 4. The maximum absolute atomic E-state index is 10.6. The number of methoxy groups -OCH3 is 1. The second kappa shape index (κ2) is 9.09. The molecule has 1 heterocycles. The molecular weight excluding hydrogens is 412 g/mol. The van der Waals surface area contributed by atoms with E-state index in [0.29, 0.717) is 16.5 Å². The highest BCUT2D eigenvalue weighted by Gasteiger charge is 2.51. The molecule has 0 bridgehead atoms. The van der Waals surface area contributed by atoms with Crippen molar-refractivity contribution >= 4 is 11.6 Å². The number of hydrogen-bond acceptors (Lipinski definition) is 7. The van der Waals surface area contributed by atoms with Crippen LogP contribution in [0, 0.1) is 6.92 Å². The van der Waals surface area contributed by atoms with Crippen LogP contribution in [-0.4, -0.2) is 70.8 Å². The van der Waals surface area contributed by atoms with Crippen LogP contribution in [0.25, 0.3) is 11.1 Å². The van der Waals surface area contributed by atoms with Gasteiger partial charge in [0.15, 0.2) is 0 Å². The van der Waals surface area contributed by atoms with Crippen LogP contribution in [0.3, 0.4) is 0 Å². The molecule has 2 aromatic rings. The van der Waals surface area contributed by atoms with Crippen LogP contribution in [0.4, 0.5) is 0 Å². The lowest BCUT2D eigenvalue weighted by atomic mass is 9.84. The minimum absolute atomic E-state index is 0.0710. The molecule has 1 aliphatic rings. The molecule has 1 aliphatic heterocycles. The van der Waals surface area contributed by atoms with Gasteiger partial charge in [0.1, 0.15) is 48.1 Å². The van der Waals surface area contributed by atoms with Crippen molar-refractivity contribution in [2.24, 2.45) is 0 Å². The Morgan fingerprint density at radius 1 is 1.13 bits per heavy atom. The SMILES string of the molecule is COc1cc(Cl)cc(-c2ccc(OCC3OC(CO)C(O)C(O)C3(C)O)c(C)c2)c1. The largest absolute Gasteiger partial charge is 0.497 e. The van der Waals surface area contributed by atoms with E-state index in [9.17, 15) is 20.4 Å². The van der Waals surface area contributed by atoms with E-state index in [0.717, 1.165) is 16.7 Å². The summed E-state index contributed by atoms with van der Waals surface area (Å²) in [5.74, 6) is 1.24. The Balaban J connectivity index is 1.76. The summed E-state index contributed by atoms with van der Waals surface area (Å²) >= 11 is 6.16. The van der Waals surface area contributed by atoms with Gasteiger partial charge in [-0.2, -0.15) is 0 Å². The van der Waals surface area contributed by atoms with Crippen LogP contribution < -0.4 is 9.47 Å². The Labute approximate surface area is 180 Å². The molecule has 0 amide bonds. The molecule has 0 aromatic heterocycles. The molecule has 0 saturated carbocycles. The second-order valence-electron chi connectivity index (χ2n) is 7.68. The third-order valence-corrected chi connectivity index (χ3v) is 5.70. The van der Waals surface area contributed by atoms with E-state index >= 15 is 0 Å². The standard InChI is InChI=1S/C22H27ClO7/c1-12-6-13(14-7-15(23)9-16(8-14)28-3)4-5-17(12)29-11-19-22(2,27)21(26)20(25)18(10-24)30-19/h4-9,18-21,24-27H,10-11H2,1-3H3. The second-order valence-corrected chi connectivity index (χ2v) is 8.11. The fourth-order valence-corrected chi connectivity index (χ4v) is 3.76. The van der Waals surface area contributed by atoms with Crippen LogP contribution in [0.2, 0.25) is 5.02 Å². The molecule has 164 valence electrons. The van der Waals surface area contributed by atoms with E-state index < -0.39 is 36.6 Å². The Morgan fingerprint density at radius 3 is 2.50 bits per heavy atom. The molecule has 0 radical (unpaired) electrons. The van der Waals surface area contributed by atoms with Crippen LogP contribution in [-0.2, 0) is 4.74 Å². The van der Waals surface area contributed by atoms with Gasteiger partial charge in [0, 0.05) is 5.02 Å². The third kappa shape index (κ3) is 4.56. The molecule has 4 N–H and O–H groups in total. The summed E-state index contributed by atoms with van der Waals surface area (Å²) in [6.07, 6.45) is -4.81. The molecule has 3 rings (SSSR count). The van der Waals surface area contributed by atoms with Gasteiger partial charge >= 0.3 is 0 Å². The van der Waals surface area contributed by atoms with E-state index in [1.54, 1.807) is 19.2 Å². The number of rotatable bonds is 6. The van der Waals surface area contributed by atoms with Crippen molar-refractivity contribution in [1.29, 1.82) is 0 Å². The van der Waals surface area contributed by atoms with Crippen molar-refractivity contribution in [3.63, 3.8) is 0 Å². The molecule has 1 fully saturated rings. The number of aliphatic hydroxyl groups excluding tert-OH is 3. The monoisotopic (exact) mass is 438 g/mol. The minimum atomic E-state index is -1.74. The minimum Gasteiger partial charge on any atom is -0.497 e. The van der Waals surface area contributed by atoms with Crippen molar-refractivity contribution < 1.29 is 34.6 Å². The fraction of sp³-hybridized carbons (Fsp3) is 0.455. The smallest absolute Gasteiger partial charge is 0.123 e.